The smallest absolute Gasteiger partial charge is 0.266 e. The number of likely N-dealkylation sites (N-methyl/N-ethyl adjacent to an activating group) is 1. The van der Waals surface area contributed by atoms with Crippen molar-refractivity contribution in [1.82, 2.24) is 15.0 Å². The van der Waals surface area contributed by atoms with Crippen LogP contribution in [0.4, 0.5) is 5.95 Å². The highest BCUT2D eigenvalue weighted by atomic mass is 16.5. The number of hydrogen-bond donors (Lipinski definition) is 1. The zero-order valence-corrected chi connectivity index (χ0v) is 10.1. The average Bonchev–Trinajstić information content (AvgIpc) is 2.79. The average molecular weight is 241 g/mol. The van der Waals surface area contributed by atoms with Gasteiger partial charge in [0.2, 0.25) is 0 Å². The molecule has 0 unspecified atom stereocenters. The summed E-state index contributed by atoms with van der Waals surface area (Å²) in [5, 5.41) is 3.95. The van der Waals surface area contributed by atoms with Crippen LogP contribution in [0.1, 0.15) is 5.89 Å². The summed E-state index contributed by atoms with van der Waals surface area (Å²) in [5.41, 5.74) is 5.32. The first-order valence-corrected chi connectivity index (χ1v) is 5.83. The molecule has 7 heteroatoms. The van der Waals surface area contributed by atoms with E-state index in [4.69, 9.17) is 15.0 Å². The minimum absolute atomic E-state index is 0.331. The van der Waals surface area contributed by atoms with Gasteiger partial charge in [-0.2, -0.15) is 4.98 Å². The van der Waals surface area contributed by atoms with Crippen molar-refractivity contribution >= 4 is 5.95 Å². The van der Waals surface area contributed by atoms with Crippen LogP contribution in [-0.4, -0.2) is 61.4 Å². The molecule has 1 saturated heterocycles. The van der Waals surface area contributed by atoms with Gasteiger partial charge < -0.3 is 24.8 Å². The highest BCUT2D eigenvalue weighted by Gasteiger charge is 2.18. The molecule has 2 rings (SSSR count). The van der Waals surface area contributed by atoms with E-state index >= 15 is 0 Å². The second-order valence-electron chi connectivity index (χ2n) is 4.12. The van der Waals surface area contributed by atoms with Gasteiger partial charge in [-0.3, -0.25) is 0 Å². The molecule has 0 bridgehead atoms. The molecule has 0 radical (unpaired) electrons. The SMILES string of the molecule is CN1CCN(c2noc(COCCN)n2)CC1. The van der Waals surface area contributed by atoms with Crippen molar-refractivity contribution in [2.75, 3.05) is 51.3 Å². The van der Waals surface area contributed by atoms with E-state index in [0.717, 1.165) is 26.2 Å². The van der Waals surface area contributed by atoms with E-state index in [9.17, 15) is 0 Å². The molecule has 0 spiro atoms. The lowest BCUT2D eigenvalue weighted by molar-refractivity contribution is 0.104. The minimum Gasteiger partial charge on any atom is -0.370 e. The summed E-state index contributed by atoms with van der Waals surface area (Å²) in [6.07, 6.45) is 0. The Balaban J connectivity index is 1.85. The summed E-state index contributed by atoms with van der Waals surface area (Å²) in [7, 11) is 2.11. The molecule has 2 N–H and O–H groups in total. The molecule has 1 aromatic heterocycles. The molecular formula is C10H19N5O2. The van der Waals surface area contributed by atoms with E-state index in [2.05, 4.69) is 27.0 Å². The van der Waals surface area contributed by atoms with E-state index in [0.29, 0.717) is 31.6 Å². The number of nitrogens with zero attached hydrogens (tertiary/aromatic N) is 4. The Labute approximate surface area is 101 Å². The van der Waals surface area contributed by atoms with Crippen LogP contribution in [-0.2, 0) is 11.3 Å². The summed E-state index contributed by atoms with van der Waals surface area (Å²) < 4.78 is 10.3. The van der Waals surface area contributed by atoms with E-state index < -0.39 is 0 Å². The van der Waals surface area contributed by atoms with Crippen LogP contribution in [0.2, 0.25) is 0 Å². The topological polar surface area (TPSA) is 80.7 Å². The zero-order chi connectivity index (χ0) is 12.1. The molecule has 1 aliphatic heterocycles. The van der Waals surface area contributed by atoms with Gasteiger partial charge in [-0.15, -0.1) is 0 Å². The third-order valence-electron chi connectivity index (χ3n) is 2.73. The van der Waals surface area contributed by atoms with Crippen LogP contribution in [0.5, 0.6) is 0 Å². The van der Waals surface area contributed by atoms with Crippen LogP contribution in [0.25, 0.3) is 0 Å². The number of nitrogens with two attached hydrogens (primary N) is 1. The van der Waals surface area contributed by atoms with Gasteiger partial charge in [0.15, 0.2) is 0 Å². The van der Waals surface area contributed by atoms with Gasteiger partial charge in [-0.1, -0.05) is 0 Å². The van der Waals surface area contributed by atoms with Crippen molar-refractivity contribution < 1.29 is 9.26 Å². The van der Waals surface area contributed by atoms with Crippen molar-refractivity contribution in [2.45, 2.75) is 6.61 Å². The molecule has 7 nitrogen and oxygen atoms in total. The molecule has 0 aromatic carbocycles. The highest BCUT2D eigenvalue weighted by Crippen LogP contribution is 2.12. The predicted molar refractivity (Wildman–Crippen MR) is 62.7 cm³/mol. The third kappa shape index (κ3) is 3.39. The van der Waals surface area contributed by atoms with Gasteiger partial charge in [0.25, 0.3) is 11.8 Å². The van der Waals surface area contributed by atoms with Crippen LogP contribution in [0, 0.1) is 0 Å². The minimum atomic E-state index is 0.331. The molecule has 0 atom stereocenters. The summed E-state index contributed by atoms with van der Waals surface area (Å²) in [5.74, 6) is 1.16. The molecule has 17 heavy (non-hydrogen) atoms. The van der Waals surface area contributed by atoms with Crippen molar-refractivity contribution in [3.63, 3.8) is 0 Å². The van der Waals surface area contributed by atoms with E-state index in [1.165, 1.54) is 0 Å². The Morgan fingerprint density at radius 1 is 1.35 bits per heavy atom. The first kappa shape index (κ1) is 12.3. The first-order valence-electron chi connectivity index (χ1n) is 5.83. The third-order valence-corrected chi connectivity index (χ3v) is 2.73. The molecule has 1 fully saturated rings. The Hall–Kier alpha value is -1.18. The van der Waals surface area contributed by atoms with Gasteiger partial charge in [0.05, 0.1) is 6.61 Å². The quantitative estimate of drug-likeness (QED) is 0.682. The van der Waals surface area contributed by atoms with Crippen LogP contribution in [0.15, 0.2) is 4.52 Å². The van der Waals surface area contributed by atoms with Gasteiger partial charge >= 0.3 is 0 Å². The number of anilines is 1. The van der Waals surface area contributed by atoms with Gasteiger partial charge in [0.1, 0.15) is 6.61 Å². The Kier molecular flexibility index (Phi) is 4.29. The molecule has 0 amide bonds. The van der Waals surface area contributed by atoms with E-state index in [1.54, 1.807) is 0 Å². The molecule has 1 aliphatic rings. The predicted octanol–water partition coefficient (Wildman–Crippen LogP) is -0.703. The number of ether oxygens (including phenoxy) is 1. The van der Waals surface area contributed by atoms with E-state index in [-0.39, 0.29) is 0 Å². The molecule has 0 aliphatic carbocycles. The number of piperazine rings is 1. The molecule has 1 aromatic rings. The maximum absolute atomic E-state index is 5.32. The van der Waals surface area contributed by atoms with Crippen molar-refractivity contribution in [1.29, 1.82) is 0 Å². The lowest BCUT2D eigenvalue weighted by Gasteiger charge is -2.31. The number of aromatic nitrogens is 2. The van der Waals surface area contributed by atoms with Crippen LogP contribution >= 0.6 is 0 Å². The van der Waals surface area contributed by atoms with Gasteiger partial charge in [0, 0.05) is 32.7 Å². The number of rotatable bonds is 5. The van der Waals surface area contributed by atoms with Gasteiger partial charge in [-0.05, 0) is 12.2 Å². The molecule has 96 valence electrons. The summed E-state index contributed by atoms with van der Waals surface area (Å²) in [6.45, 7) is 5.24. The highest BCUT2D eigenvalue weighted by molar-refractivity contribution is 5.28. The number of hydrogen-bond acceptors (Lipinski definition) is 7. The van der Waals surface area contributed by atoms with Crippen molar-refractivity contribution in [3.05, 3.63) is 5.89 Å². The van der Waals surface area contributed by atoms with Crippen molar-refractivity contribution in [2.24, 2.45) is 5.73 Å². The van der Waals surface area contributed by atoms with Gasteiger partial charge in [-0.25, -0.2) is 0 Å². The van der Waals surface area contributed by atoms with Crippen LogP contribution in [0.3, 0.4) is 0 Å². The summed E-state index contributed by atoms with van der Waals surface area (Å²) in [6, 6.07) is 0. The Morgan fingerprint density at radius 2 is 2.12 bits per heavy atom. The standard InChI is InChI=1S/C10H19N5O2/c1-14-3-5-15(6-4-14)10-12-9(17-13-10)8-16-7-2-11/h2-8,11H2,1H3. The molecule has 0 saturated carbocycles. The Bertz CT molecular complexity index is 335. The molecular weight excluding hydrogens is 222 g/mol. The van der Waals surface area contributed by atoms with Crippen molar-refractivity contribution in [3.8, 4) is 0 Å². The molecule has 2 heterocycles. The maximum atomic E-state index is 5.32. The lowest BCUT2D eigenvalue weighted by atomic mass is 10.3. The fraction of sp³-hybridized carbons (Fsp3) is 0.800. The second-order valence-corrected chi connectivity index (χ2v) is 4.12. The second kappa shape index (κ2) is 5.95. The normalized spacial score (nSPS) is 17.6. The van der Waals surface area contributed by atoms with Crippen LogP contribution < -0.4 is 10.6 Å². The maximum Gasteiger partial charge on any atom is 0.266 e. The first-order chi connectivity index (χ1) is 8.29. The fourth-order valence-corrected chi connectivity index (χ4v) is 1.68. The lowest BCUT2D eigenvalue weighted by Crippen LogP contribution is -2.44. The summed E-state index contributed by atoms with van der Waals surface area (Å²) in [4.78, 5) is 8.70. The van der Waals surface area contributed by atoms with E-state index in [1.807, 2.05) is 0 Å². The zero-order valence-electron chi connectivity index (χ0n) is 10.1. The summed E-state index contributed by atoms with van der Waals surface area (Å²) >= 11 is 0. The largest absolute Gasteiger partial charge is 0.370 e. The monoisotopic (exact) mass is 241 g/mol. The Morgan fingerprint density at radius 3 is 2.82 bits per heavy atom. The fourth-order valence-electron chi connectivity index (χ4n) is 1.68.